The van der Waals surface area contributed by atoms with Crippen molar-refractivity contribution in [2.45, 2.75) is 52.4 Å². The molecule has 0 aromatic heterocycles. The van der Waals surface area contributed by atoms with Crippen LogP contribution in [0.1, 0.15) is 52.4 Å². The molecule has 0 atom stereocenters. The van der Waals surface area contributed by atoms with Crippen LogP contribution in [-0.2, 0) is 0 Å². The number of nitrogens with one attached hydrogen (secondary N) is 1. The lowest BCUT2D eigenvalue weighted by Gasteiger charge is -2.24. The second-order valence-corrected chi connectivity index (χ2v) is 8.64. The third-order valence-electron chi connectivity index (χ3n) is 5.86. The van der Waals surface area contributed by atoms with Crippen LogP contribution < -0.4 is 5.32 Å². The molecule has 1 N–H and O–H groups in total. The second-order valence-electron chi connectivity index (χ2n) is 8.64. The lowest BCUT2D eigenvalue weighted by molar-refractivity contribution is 0.366. The molecule has 0 unspecified atom stereocenters. The molecule has 1 fully saturated rings. The van der Waals surface area contributed by atoms with Gasteiger partial charge >= 0.3 is 0 Å². The highest BCUT2D eigenvalue weighted by molar-refractivity contribution is 5.95. The zero-order valence-electron chi connectivity index (χ0n) is 21.4. The van der Waals surface area contributed by atoms with Crippen LogP contribution in [-0.4, -0.2) is 55.3 Å². The lowest BCUT2D eigenvalue weighted by atomic mass is 9.89. The van der Waals surface area contributed by atoms with Gasteiger partial charge in [0.15, 0.2) is 0 Å². The van der Waals surface area contributed by atoms with Gasteiger partial charge in [-0.15, -0.1) is 0 Å². The number of guanidine groups is 1. The van der Waals surface area contributed by atoms with E-state index in [1.807, 2.05) is 38.2 Å². The first kappa shape index (κ1) is 28.2. The van der Waals surface area contributed by atoms with Gasteiger partial charge in [0.05, 0.1) is 0 Å². The van der Waals surface area contributed by atoms with Crippen molar-refractivity contribution in [1.29, 1.82) is 0 Å². The Balaban J connectivity index is 2.81. The van der Waals surface area contributed by atoms with E-state index in [0.29, 0.717) is 11.9 Å². The Labute approximate surface area is 202 Å². The molecule has 0 saturated heterocycles. The third kappa shape index (κ3) is 12.7. The molecule has 0 bridgehead atoms. The maximum Gasteiger partial charge on any atom is 0.224 e. The largest absolute Gasteiger partial charge is 0.375 e. The monoisotopic (exact) mass is 451 g/mol. The fourth-order valence-electron chi connectivity index (χ4n) is 3.47. The van der Waals surface area contributed by atoms with Crippen molar-refractivity contribution in [3.05, 3.63) is 73.7 Å². The molecule has 5 heteroatoms. The molecule has 0 aromatic rings. The first-order valence-corrected chi connectivity index (χ1v) is 12.1. The summed E-state index contributed by atoms with van der Waals surface area (Å²) in [7, 11) is 4.14. The minimum absolute atomic E-state index is 0.622. The zero-order chi connectivity index (χ0) is 24.5. The Morgan fingerprint density at radius 2 is 1.79 bits per heavy atom. The summed E-state index contributed by atoms with van der Waals surface area (Å²) < 4.78 is 0. The van der Waals surface area contributed by atoms with Gasteiger partial charge in [-0.3, -0.25) is 4.99 Å². The van der Waals surface area contributed by atoms with Crippen LogP contribution >= 0.6 is 0 Å². The Hall–Kier alpha value is -2.82. The number of hydrogen-bond donors (Lipinski definition) is 1. The quantitative estimate of drug-likeness (QED) is 0.169. The van der Waals surface area contributed by atoms with Crippen LogP contribution in [0.25, 0.3) is 0 Å². The van der Waals surface area contributed by atoms with Crippen molar-refractivity contribution in [1.82, 2.24) is 15.1 Å². The van der Waals surface area contributed by atoms with Crippen molar-refractivity contribution in [3.8, 4) is 0 Å². The summed E-state index contributed by atoms with van der Waals surface area (Å²) in [6.07, 6.45) is 20.9. The number of amidine groups is 1. The molecule has 0 amide bonds. The average molecular weight is 452 g/mol. The predicted octanol–water partition coefficient (Wildman–Crippen LogP) is 6.09. The maximum atomic E-state index is 4.84. The first-order chi connectivity index (χ1) is 15.9. The van der Waals surface area contributed by atoms with Gasteiger partial charge in [0.2, 0.25) is 5.96 Å². The van der Waals surface area contributed by atoms with Gasteiger partial charge in [-0.25, -0.2) is 4.99 Å². The first-order valence-electron chi connectivity index (χ1n) is 12.1. The highest BCUT2D eigenvalue weighted by atomic mass is 15.2. The number of nitrogens with zero attached hydrogens (tertiary/aromatic N) is 4. The molecule has 0 aromatic carbocycles. The van der Waals surface area contributed by atoms with Crippen LogP contribution in [0.5, 0.6) is 0 Å². The Bertz CT molecular complexity index is 763. The number of rotatable bonds is 12. The molecule has 182 valence electrons. The smallest absolute Gasteiger partial charge is 0.224 e. The van der Waals surface area contributed by atoms with Crippen molar-refractivity contribution < 1.29 is 0 Å². The van der Waals surface area contributed by atoms with Gasteiger partial charge < -0.3 is 15.1 Å². The van der Waals surface area contributed by atoms with E-state index < -0.39 is 0 Å². The van der Waals surface area contributed by atoms with Crippen molar-refractivity contribution in [3.63, 3.8) is 0 Å². The summed E-state index contributed by atoms with van der Waals surface area (Å²) in [5.74, 6) is 2.19. The van der Waals surface area contributed by atoms with E-state index in [-0.39, 0.29) is 0 Å². The molecule has 0 aliphatic heterocycles. The summed E-state index contributed by atoms with van der Waals surface area (Å²) in [5, 5.41) is 3.29. The summed E-state index contributed by atoms with van der Waals surface area (Å²) in [5.41, 5.74) is 1.87. The molecule has 33 heavy (non-hydrogen) atoms. The van der Waals surface area contributed by atoms with Crippen molar-refractivity contribution in [2.75, 3.05) is 33.7 Å². The van der Waals surface area contributed by atoms with E-state index in [1.54, 1.807) is 6.08 Å². The summed E-state index contributed by atoms with van der Waals surface area (Å²) in [4.78, 5) is 14.0. The average Bonchev–Trinajstić information content (AvgIpc) is 2.82. The molecule has 0 spiro atoms. The topological polar surface area (TPSA) is 43.2 Å². The minimum Gasteiger partial charge on any atom is -0.375 e. The lowest BCUT2D eigenvalue weighted by Crippen LogP contribution is -2.30. The molecular formula is C28H45N5. The molecule has 1 saturated carbocycles. The Morgan fingerprint density at radius 3 is 2.45 bits per heavy atom. The highest BCUT2D eigenvalue weighted by Crippen LogP contribution is 2.23. The number of aliphatic imine (C=N–C) groups is 2. The number of hydrogen-bond acceptors (Lipinski definition) is 2. The molecule has 5 nitrogen and oxygen atoms in total. The van der Waals surface area contributed by atoms with E-state index in [1.165, 1.54) is 32.1 Å². The fourth-order valence-corrected chi connectivity index (χ4v) is 3.47. The molecule has 1 aliphatic rings. The summed E-state index contributed by atoms with van der Waals surface area (Å²) >= 11 is 0. The van der Waals surface area contributed by atoms with E-state index in [0.717, 1.165) is 43.3 Å². The molecule has 0 heterocycles. The number of allylic oxidation sites excluding steroid dienone is 6. The summed E-state index contributed by atoms with van der Waals surface area (Å²) in [6, 6.07) is 0. The van der Waals surface area contributed by atoms with Gasteiger partial charge in [0, 0.05) is 51.5 Å². The van der Waals surface area contributed by atoms with Crippen LogP contribution in [0, 0.1) is 5.92 Å². The Morgan fingerprint density at radius 1 is 1.06 bits per heavy atom. The second kappa shape index (κ2) is 16.8. The van der Waals surface area contributed by atoms with Gasteiger partial charge in [0.1, 0.15) is 5.84 Å². The minimum atomic E-state index is 0.622. The molecule has 1 rings (SSSR count). The molecular weight excluding hydrogens is 406 g/mol. The zero-order valence-corrected chi connectivity index (χ0v) is 21.4. The normalized spacial score (nSPS) is 16.0. The van der Waals surface area contributed by atoms with E-state index >= 15 is 0 Å². The SMILES string of the molecule is C=C/C=C\C=C/C(=C)NC(=NCC1CCCCC1)/N=C(\C)N(C)CCC(=C)N(C)C/C=C\C. The third-order valence-corrected chi connectivity index (χ3v) is 5.86. The van der Waals surface area contributed by atoms with Gasteiger partial charge in [-0.05, 0) is 38.7 Å². The standard InChI is InChI=1S/C28H45N5/c1-8-10-12-14-17-24(3)30-28(29-23-27-18-15-13-16-19-27)31-26(5)33(7)22-20-25(4)32(6)21-11-9-2/h8-12,14,17,27H,1,3-4,13,15-16,18-23H2,2,5-7H3,(H,29,30)/b11-9-,12-10-,17-14-,31-26+. The van der Waals surface area contributed by atoms with Gasteiger partial charge in [-0.1, -0.05) is 75.5 Å². The summed E-state index contributed by atoms with van der Waals surface area (Å²) in [6.45, 7) is 18.6. The van der Waals surface area contributed by atoms with Gasteiger partial charge in [0.25, 0.3) is 0 Å². The van der Waals surface area contributed by atoms with Crippen molar-refractivity contribution in [2.24, 2.45) is 15.9 Å². The van der Waals surface area contributed by atoms with Crippen LogP contribution in [0.2, 0.25) is 0 Å². The Kier molecular flexibility index (Phi) is 14.3. The van der Waals surface area contributed by atoms with E-state index in [2.05, 4.69) is 61.1 Å². The predicted molar refractivity (Wildman–Crippen MR) is 147 cm³/mol. The van der Waals surface area contributed by atoms with Gasteiger partial charge in [-0.2, -0.15) is 0 Å². The van der Waals surface area contributed by atoms with Crippen LogP contribution in [0.15, 0.2) is 83.6 Å². The highest BCUT2D eigenvalue weighted by Gasteiger charge is 2.13. The van der Waals surface area contributed by atoms with Crippen LogP contribution in [0.3, 0.4) is 0 Å². The van der Waals surface area contributed by atoms with Crippen LogP contribution in [0.4, 0.5) is 0 Å². The maximum absolute atomic E-state index is 4.84. The van der Waals surface area contributed by atoms with E-state index in [4.69, 9.17) is 9.98 Å². The van der Waals surface area contributed by atoms with Crippen molar-refractivity contribution >= 4 is 11.8 Å². The molecule has 1 aliphatic carbocycles. The van der Waals surface area contributed by atoms with E-state index in [9.17, 15) is 0 Å². The number of likely N-dealkylation sites (N-methyl/N-ethyl adjacent to an activating group) is 1. The fraction of sp³-hybridized carbons (Fsp3) is 0.500. The molecule has 0 radical (unpaired) electrons.